The molecule has 0 aromatic rings. The lowest BCUT2D eigenvalue weighted by molar-refractivity contribution is -0.145. The van der Waals surface area contributed by atoms with Crippen LogP contribution in [-0.4, -0.2) is 62.7 Å². The van der Waals surface area contributed by atoms with Gasteiger partial charge in [-0.1, -0.05) is 34.8 Å². The molecule has 2 saturated heterocycles. The van der Waals surface area contributed by atoms with Gasteiger partial charge in [-0.25, -0.2) is 9.69 Å². The zero-order valence-electron chi connectivity index (χ0n) is 11.9. The molecule has 0 bridgehead atoms. The fourth-order valence-electron chi connectivity index (χ4n) is 3.03. The second-order valence-electron chi connectivity index (χ2n) is 5.63. The molecule has 0 radical (unpaired) electrons. The Morgan fingerprint density at radius 2 is 2.27 bits per heavy atom. The quantitative estimate of drug-likeness (QED) is 0.458. The fraction of sp³-hybridized carbons (Fsp3) is 0.833. The van der Waals surface area contributed by atoms with E-state index in [0.29, 0.717) is 13.0 Å². The van der Waals surface area contributed by atoms with Gasteiger partial charge in [0.1, 0.15) is 11.6 Å². The molecule has 2 rings (SSSR count). The lowest BCUT2D eigenvalue weighted by Gasteiger charge is -2.33. The fourth-order valence-corrected chi connectivity index (χ4v) is 3.52. The highest BCUT2D eigenvalue weighted by Gasteiger charge is 2.62. The Hall–Kier alpha value is -0.310. The summed E-state index contributed by atoms with van der Waals surface area (Å²) in [5.41, 5.74) is 4.22. The van der Waals surface area contributed by atoms with E-state index >= 15 is 0 Å². The molecule has 0 aromatic heterocycles. The Morgan fingerprint density at radius 1 is 1.64 bits per heavy atom. The first-order chi connectivity index (χ1) is 10.1. The van der Waals surface area contributed by atoms with Gasteiger partial charge < -0.3 is 20.9 Å². The van der Waals surface area contributed by atoms with Crippen LogP contribution in [0.3, 0.4) is 0 Å². The van der Waals surface area contributed by atoms with E-state index in [1.165, 1.54) is 6.92 Å². The number of nitrogens with two attached hydrogens (primary N) is 1. The first-order valence-corrected chi connectivity index (χ1v) is 7.98. The van der Waals surface area contributed by atoms with Gasteiger partial charge in [0, 0.05) is 13.1 Å². The maximum atomic E-state index is 12.3. The van der Waals surface area contributed by atoms with Crippen molar-refractivity contribution in [3.05, 3.63) is 0 Å². The van der Waals surface area contributed by atoms with Crippen LogP contribution >= 0.6 is 34.8 Å². The number of halogens is 3. The number of primary amides is 1. The van der Waals surface area contributed by atoms with Gasteiger partial charge in [-0.15, -0.1) is 0 Å². The normalized spacial score (nSPS) is 31.7. The van der Waals surface area contributed by atoms with Gasteiger partial charge in [-0.2, -0.15) is 0 Å². The maximum absolute atomic E-state index is 12.3. The lowest BCUT2D eigenvalue weighted by Crippen LogP contribution is -2.59. The SMILES string of the molecule is CC(O)[C@H](NC[C@]12CCCN1C(C(Cl)(Cl)Cl)OC2=O)C(N)=O. The van der Waals surface area contributed by atoms with E-state index in [2.05, 4.69) is 5.32 Å². The first kappa shape index (κ1) is 18.0. The number of rotatable bonds is 5. The van der Waals surface area contributed by atoms with Gasteiger partial charge in [0.15, 0.2) is 0 Å². The van der Waals surface area contributed by atoms with Crippen LogP contribution in [0.15, 0.2) is 0 Å². The van der Waals surface area contributed by atoms with Crippen molar-refractivity contribution in [1.82, 2.24) is 10.2 Å². The van der Waals surface area contributed by atoms with Crippen molar-refractivity contribution in [3.63, 3.8) is 0 Å². The molecular weight excluding hydrogens is 357 g/mol. The van der Waals surface area contributed by atoms with E-state index in [-0.39, 0.29) is 6.54 Å². The molecule has 2 aliphatic heterocycles. The highest BCUT2D eigenvalue weighted by molar-refractivity contribution is 6.68. The Labute approximate surface area is 143 Å². The Kier molecular flexibility index (Phi) is 5.16. The second kappa shape index (κ2) is 6.30. The molecule has 22 heavy (non-hydrogen) atoms. The summed E-state index contributed by atoms with van der Waals surface area (Å²) in [7, 11) is 0. The van der Waals surface area contributed by atoms with Crippen LogP contribution in [0.2, 0.25) is 0 Å². The molecular formula is C12H18Cl3N3O4. The summed E-state index contributed by atoms with van der Waals surface area (Å²) in [6, 6.07) is -0.976. The van der Waals surface area contributed by atoms with E-state index in [4.69, 9.17) is 45.3 Å². The summed E-state index contributed by atoms with van der Waals surface area (Å²) >= 11 is 17.6. The van der Waals surface area contributed by atoms with Crippen molar-refractivity contribution < 1.29 is 19.4 Å². The van der Waals surface area contributed by atoms with Gasteiger partial charge in [-0.05, 0) is 19.8 Å². The molecule has 126 valence electrons. The maximum Gasteiger partial charge on any atom is 0.329 e. The van der Waals surface area contributed by atoms with E-state index in [0.717, 1.165) is 6.42 Å². The molecule has 2 fully saturated rings. The van der Waals surface area contributed by atoms with Crippen molar-refractivity contribution in [1.29, 1.82) is 0 Å². The van der Waals surface area contributed by atoms with Gasteiger partial charge in [0.25, 0.3) is 0 Å². The van der Waals surface area contributed by atoms with Gasteiger partial charge in [0.2, 0.25) is 15.9 Å². The molecule has 4 atom stereocenters. The van der Waals surface area contributed by atoms with Crippen LogP contribution in [0.1, 0.15) is 19.8 Å². The number of nitrogens with zero attached hydrogens (tertiary/aromatic N) is 1. The number of carbonyl (C=O) groups excluding carboxylic acids is 2. The molecule has 1 amide bonds. The van der Waals surface area contributed by atoms with E-state index < -0.39 is 39.6 Å². The minimum Gasteiger partial charge on any atom is -0.440 e. The molecule has 10 heteroatoms. The Bertz CT molecular complexity index is 471. The highest BCUT2D eigenvalue weighted by Crippen LogP contribution is 2.46. The lowest BCUT2D eigenvalue weighted by atomic mass is 9.96. The van der Waals surface area contributed by atoms with Crippen molar-refractivity contribution in [3.8, 4) is 0 Å². The molecule has 2 unspecified atom stereocenters. The smallest absolute Gasteiger partial charge is 0.329 e. The van der Waals surface area contributed by atoms with Crippen LogP contribution in [0.5, 0.6) is 0 Å². The number of hydrogen-bond acceptors (Lipinski definition) is 6. The van der Waals surface area contributed by atoms with Gasteiger partial charge >= 0.3 is 5.97 Å². The Balaban J connectivity index is 2.17. The number of fused-ring (bicyclic) bond motifs is 1. The van der Waals surface area contributed by atoms with Crippen molar-refractivity contribution in [2.24, 2.45) is 5.73 Å². The monoisotopic (exact) mass is 373 g/mol. The molecule has 4 N–H and O–H groups in total. The standard InChI is InChI=1S/C12H18Cl3N3O4/c1-6(19)7(8(16)20)17-5-11-3-2-4-18(11)9(12(13,14)15)22-10(11)21/h6-7,9,17,19H,2-5H2,1H3,(H2,16,20)/t6?,7-,9?,11-/m0/s1. The highest BCUT2D eigenvalue weighted by atomic mass is 35.6. The second-order valence-corrected chi connectivity index (χ2v) is 8.00. The predicted molar refractivity (Wildman–Crippen MR) is 81.5 cm³/mol. The molecule has 7 nitrogen and oxygen atoms in total. The van der Waals surface area contributed by atoms with Crippen molar-refractivity contribution in [2.45, 2.75) is 47.5 Å². The third kappa shape index (κ3) is 3.16. The molecule has 2 heterocycles. The van der Waals surface area contributed by atoms with Crippen LogP contribution in [0.4, 0.5) is 0 Å². The molecule has 0 spiro atoms. The number of aliphatic hydroxyl groups is 1. The summed E-state index contributed by atoms with van der Waals surface area (Å²) in [5.74, 6) is -1.22. The number of amides is 1. The zero-order valence-corrected chi connectivity index (χ0v) is 14.2. The van der Waals surface area contributed by atoms with Crippen LogP contribution in [0, 0.1) is 0 Å². The zero-order chi connectivity index (χ0) is 16.7. The summed E-state index contributed by atoms with van der Waals surface area (Å²) in [6.07, 6.45) is -0.747. The van der Waals surface area contributed by atoms with Crippen LogP contribution in [0.25, 0.3) is 0 Å². The first-order valence-electron chi connectivity index (χ1n) is 6.85. The molecule has 0 saturated carbocycles. The minimum absolute atomic E-state index is 0.0710. The minimum atomic E-state index is -1.77. The number of ether oxygens (including phenoxy) is 1. The van der Waals surface area contributed by atoms with E-state index in [9.17, 15) is 14.7 Å². The van der Waals surface area contributed by atoms with Crippen LogP contribution < -0.4 is 11.1 Å². The number of esters is 1. The largest absolute Gasteiger partial charge is 0.440 e. The predicted octanol–water partition coefficient (Wildman–Crippen LogP) is -0.102. The molecule has 0 aliphatic carbocycles. The number of aliphatic hydroxyl groups excluding tert-OH is 1. The topological polar surface area (TPSA) is 105 Å². The summed E-state index contributed by atoms with van der Waals surface area (Å²) in [5, 5.41) is 12.4. The van der Waals surface area contributed by atoms with E-state index in [1.54, 1.807) is 4.90 Å². The number of cyclic esters (lactones) is 1. The van der Waals surface area contributed by atoms with Crippen LogP contribution in [-0.2, 0) is 14.3 Å². The average molecular weight is 375 g/mol. The number of nitrogens with one attached hydrogen (secondary N) is 1. The Morgan fingerprint density at radius 3 is 2.77 bits per heavy atom. The van der Waals surface area contributed by atoms with Gasteiger partial charge in [0.05, 0.1) is 6.10 Å². The van der Waals surface area contributed by atoms with Crippen molar-refractivity contribution >= 4 is 46.7 Å². The molecule has 0 aromatic carbocycles. The molecule has 2 aliphatic rings. The van der Waals surface area contributed by atoms with Crippen molar-refractivity contribution in [2.75, 3.05) is 13.1 Å². The van der Waals surface area contributed by atoms with Gasteiger partial charge in [-0.3, -0.25) is 4.79 Å². The third-order valence-corrected chi connectivity index (χ3v) is 4.66. The summed E-state index contributed by atoms with van der Waals surface area (Å²) in [6.45, 7) is 2.03. The number of alkyl halides is 3. The summed E-state index contributed by atoms with van der Waals surface area (Å²) < 4.78 is 3.45. The number of carbonyl (C=O) groups is 2. The number of hydrogen-bond donors (Lipinski definition) is 3. The average Bonchev–Trinajstić information content (AvgIpc) is 2.87. The van der Waals surface area contributed by atoms with E-state index in [1.807, 2.05) is 0 Å². The summed E-state index contributed by atoms with van der Waals surface area (Å²) in [4.78, 5) is 25.4. The third-order valence-electron chi connectivity index (χ3n) is 4.10.